The largest absolute Gasteiger partial charge is 0.468 e. The number of fused-ring (bicyclic) bond motifs is 1. The number of ether oxygens (including phenoxy) is 2. The van der Waals surface area contributed by atoms with Gasteiger partial charge in [-0.15, -0.1) is 11.6 Å². The summed E-state index contributed by atoms with van der Waals surface area (Å²) in [7, 11) is 2.86. The molecule has 3 aromatic rings. The minimum Gasteiger partial charge on any atom is -0.468 e. The number of halogens is 2. The van der Waals surface area contributed by atoms with E-state index < -0.39 is 49.4 Å². The van der Waals surface area contributed by atoms with E-state index in [4.69, 9.17) is 47.7 Å². The van der Waals surface area contributed by atoms with Crippen LogP contribution in [-0.4, -0.2) is 81.2 Å². The molecule has 4 rings (SSSR count). The topological polar surface area (TPSA) is 168 Å². The highest BCUT2D eigenvalue weighted by Gasteiger charge is 2.57. The zero-order valence-corrected chi connectivity index (χ0v) is 23.6. The maximum absolute atomic E-state index is 15.6. The summed E-state index contributed by atoms with van der Waals surface area (Å²) in [6.07, 6.45) is -3.79. The maximum atomic E-state index is 15.6. The molecule has 0 saturated carbocycles. The second kappa shape index (κ2) is 11.8. The number of alkyl halides is 2. The summed E-state index contributed by atoms with van der Waals surface area (Å²) in [5.74, 6) is -0.349. The molecule has 0 bridgehead atoms. The standard InChI is InChI=1S/C22H28ClFN7O6PS/c1-12(20(33)34-3)30-38(39,37-13-7-5-4-6-8-13)35-10-22(9-23)16(32)14(24)19(36-22)31-11-27-15-17(26-2)28-21(25)29-18(15)31/h4-8,11-12,14,16,19,32H,9-10H2,1-3H3,(H,30,39)(H3,25,26,28,29)/t12-,14+,16+,19-,22-,38+/m1/s1. The number of nitrogens with two attached hydrogens (primary N) is 1. The lowest BCUT2D eigenvalue weighted by Gasteiger charge is -2.33. The molecule has 17 heteroatoms. The van der Waals surface area contributed by atoms with Crippen LogP contribution in [0.3, 0.4) is 0 Å². The van der Waals surface area contributed by atoms with Crippen molar-refractivity contribution < 1.29 is 32.8 Å². The van der Waals surface area contributed by atoms with Crippen LogP contribution in [0.1, 0.15) is 13.2 Å². The number of nitrogens with zero attached hydrogens (tertiary/aromatic N) is 4. The number of para-hydroxylation sites is 1. The van der Waals surface area contributed by atoms with Gasteiger partial charge < -0.3 is 34.7 Å². The Balaban J connectivity index is 1.62. The number of imidazole rings is 1. The Hall–Kier alpha value is -2.65. The van der Waals surface area contributed by atoms with Crippen molar-refractivity contribution in [3.05, 3.63) is 36.7 Å². The molecule has 1 saturated heterocycles. The van der Waals surface area contributed by atoms with Gasteiger partial charge in [0.2, 0.25) is 5.95 Å². The number of carbonyl (C=O) groups excluding carboxylic acids is 1. The summed E-state index contributed by atoms with van der Waals surface area (Å²) in [5, 5.41) is 16.7. The number of nitrogens with one attached hydrogen (secondary N) is 2. The Morgan fingerprint density at radius 1 is 1.41 bits per heavy atom. The quantitative estimate of drug-likeness (QED) is 0.143. The van der Waals surface area contributed by atoms with E-state index in [1.54, 1.807) is 37.4 Å². The number of benzene rings is 1. The van der Waals surface area contributed by atoms with E-state index in [1.165, 1.54) is 24.9 Å². The summed E-state index contributed by atoms with van der Waals surface area (Å²) in [5.41, 5.74) is 4.56. The predicted octanol–water partition coefficient (Wildman–Crippen LogP) is 2.13. The van der Waals surface area contributed by atoms with Crippen LogP contribution >= 0.6 is 18.2 Å². The van der Waals surface area contributed by atoms with E-state index in [0.29, 0.717) is 17.1 Å². The molecular formula is C22H28ClFN7O6PS. The molecular weight excluding hydrogens is 576 g/mol. The number of anilines is 2. The molecule has 5 N–H and O–H groups in total. The molecule has 0 spiro atoms. The summed E-state index contributed by atoms with van der Waals surface area (Å²) < 4.78 is 39.6. The third kappa shape index (κ3) is 5.94. The van der Waals surface area contributed by atoms with E-state index in [9.17, 15) is 9.90 Å². The zero-order valence-electron chi connectivity index (χ0n) is 21.2. The highest BCUT2D eigenvalue weighted by molar-refractivity contribution is 8.09. The smallest absolute Gasteiger partial charge is 0.323 e. The van der Waals surface area contributed by atoms with Gasteiger partial charge >= 0.3 is 12.6 Å². The van der Waals surface area contributed by atoms with Crippen LogP contribution in [0.25, 0.3) is 11.2 Å². The van der Waals surface area contributed by atoms with Crippen molar-refractivity contribution in [1.82, 2.24) is 24.6 Å². The van der Waals surface area contributed by atoms with Crippen molar-refractivity contribution >= 4 is 58.9 Å². The van der Waals surface area contributed by atoms with Gasteiger partial charge in [-0.2, -0.15) is 9.97 Å². The van der Waals surface area contributed by atoms with Crippen LogP contribution < -0.4 is 20.7 Å². The highest BCUT2D eigenvalue weighted by atomic mass is 35.5. The van der Waals surface area contributed by atoms with E-state index in [2.05, 4.69) is 25.4 Å². The van der Waals surface area contributed by atoms with Crippen LogP contribution in [0, 0.1) is 0 Å². The van der Waals surface area contributed by atoms with Gasteiger partial charge in [-0.3, -0.25) is 9.36 Å². The first kappa shape index (κ1) is 29.3. The molecule has 2 aromatic heterocycles. The van der Waals surface area contributed by atoms with Crippen LogP contribution in [-0.2, 0) is 30.6 Å². The summed E-state index contributed by atoms with van der Waals surface area (Å²) in [6.45, 7) is -2.47. The lowest BCUT2D eigenvalue weighted by molar-refractivity contribution is -0.142. The van der Waals surface area contributed by atoms with Gasteiger partial charge in [-0.05, 0) is 30.9 Å². The van der Waals surface area contributed by atoms with Crippen molar-refractivity contribution in [1.29, 1.82) is 0 Å². The van der Waals surface area contributed by atoms with Gasteiger partial charge in [-0.25, -0.2) is 14.5 Å². The molecule has 0 amide bonds. The predicted molar refractivity (Wildman–Crippen MR) is 146 cm³/mol. The fourth-order valence-electron chi connectivity index (χ4n) is 3.96. The van der Waals surface area contributed by atoms with Crippen molar-refractivity contribution in [2.45, 2.75) is 37.1 Å². The van der Waals surface area contributed by atoms with E-state index in [0.717, 1.165) is 0 Å². The second-order valence-corrected chi connectivity index (χ2v) is 12.1. The Morgan fingerprint density at radius 3 is 2.77 bits per heavy atom. The highest BCUT2D eigenvalue weighted by Crippen LogP contribution is 2.49. The molecule has 0 unspecified atom stereocenters. The first-order chi connectivity index (χ1) is 18.6. The SMILES string of the molecule is CNc1nc(N)nc2c1ncn2[C@@H]1O[C@](CCl)(CO[P@@](=S)(N[C@H](C)C(=O)OC)Oc2ccccc2)[C@@H](O)[C@@H]1F. The molecule has 212 valence electrons. The summed E-state index contributed by atoms with van der Waals surface area (Å²) >= 11 is 11.9. The van der Waals surface area contributed by atoms with E-state index >= 15 is 4.39 Å². The summed E-state index contributed by atoms with van der Waals surface area (Å²) in [6, 6.07) is 7.64. The summed E-state index contributed by atoms with van der Waals surface area (Å²) in [4.78, 5) is 24.5. The molecule has 13 nitrogen and oxygen atoms in total. The average Bonchev–Trinajstić information content (AvgIpc) is 3.45. The minimum atomic E-state index is -3.51. The number of hydrogen-bond donors (Lipinski definition) is 4. The number of aliphatic hydroxyl groups is 1. The van der Waals surface area contributed by atoms with Crippen LogP contribution in [0.5, 0.6) is 5.75 Å². The first-order valence-electron chi connectivity index (χ1n) is 11.6. The van der Waals surface area contributed by atoms with Crippen molar-refractivity contribution in [2.75, 3.05) is 37.7 Å². The molecule has 0 radical (unpaired) electrons. The Morgan fingerprint density at radius 2 is 2.13 bits per heavy atom. The van der Waals surface area contributed by atoms with E-state index in [-0.39, 0.29) is 17.5 Å². The average molecular weight is 604 g/mol. The lowest BCUT2D eigenvalue weighted by Crippen LogP contribution is -2.48. The maximum Gasteiger partial charge on any atom is 0.323 e. The Kier molecular flexibility index (Phi) is 8.91. The van der Waals surface area contributed by atoms with Gasteiger partial charge in [0.25, 0.3) is 0 Å². The number of nitrogen functional groups attached to an aromatic ring is 1. The molecule has 1 aromatic carbocycles. The van der Waals surface area contributed by atoms with Gasteiger partial charge in [0.1, 0.15) is 23.5 Å². The molecule has 3 heterocycles. The first-order valence-corrected chi connectivity index (χ1v) is 14.8. The van der Waals surface area contributed by atoms with Crippen molar-refractivity contribution in [3.8, 4) is 5.75 Å². The van der Waals surface area contributed by atoms with Crippen LogP contribution in [0.2, 0.25) is 0 Å². The number of hydrogen-bond acceptors (Lipinski definition) is 12. The normalized spacial score (nSPS) is 25.2. The number of rotatable bonds is 11. The molecule has 0 aliphatic carbocycles. The minimum absolute atomic E-state index is 0.0703. The molecule has 39 heavy (non-hydrogen) atoms. The van der Waals surface area contributed by atoms with E-state index in [1.807, 2.05) is 0 Å². The van der Waals surface area contributed by atoms with Crippen LogP contribution in [0.15, 0.2) is 36.7 Å². The van der Waals surface area contributed by atoms with Gasteiger partial charge in [-0.1, -0.05) is 18.2 Å². The monoisotopic (exact) mass is 603 g/mol. The van der Waals surface area contributed by atoms with Gasteiger partial charge in [0, 0.05) is 7.05 Å². The fourth-order valence-corrected chi connectivity index (χ4v) is 6.70. The van der Waals surface area contributed by atoms with Gasteiger partial charge in [0.05, 0.1) is 25.9 Å². The second-order valence-electron chi connectivity index (χ2n) is 8.65. The van der Waals surface area contributed by atoms with Crippen molar-refractivity contribution in [2.24, 2.45) is 0 Å². The molecule has 1 fully saturated rings. The number of esters is 1. The molecule has 6 atom stereocenters. The van der Waals surface area contributed by atoms with Gasteiger partial charge in [0.15, 0.2) is 29.4 Å². The number of methoxy groups -OCH3 is 1. The molecule has 1 aliphatic rings. The zero-order chi connectivity index (χ0) is 28.4. The third-order valence-corrected chi connectivity index (χ3v) is 8.93. The Bertz CT molecular complexity index is 1370. The Labute approximate surface area is 233 Å². The fraction of sp³-hybridized carbons (Fsp3) is 0.455. The lowest BCUT2D eigenvalue weighted by atomic mass is 9.99. The number of aromatic nitrogens is 4. The third-order valence-electron chi connectivity index (χ3n) is 6.00. The van der Waals surface area contributed by atoms with Crippen LogP contribution in [0.4, 0.5) is 16.2 Å². The number of carbonyl (C=O) groups is 1. The molecule has 1 aliphatic heterocycles. The number of aliphatic hydroxyl groups excluding tert-OH is 1. The van der Waals surface area contributed by atoms with Crippen molar-refractivity contribution in [3.63, 3.8) is 0 Å².